The van der Waals surface area contributed by atoms with Crippen LogP contribution in [0, 0.1) is 6.92 Å². The molecule has 2 N–H and O–H groups in total. The summed E-state index contributed by atoms with van der Waals surface area (Å²) in [5.74, 6) is -0.260. The number of rotatable bonds is 4. The van der Waals surface area contributed by atoms with Gasteiger partial charge in [-0.05, 0) is 37.1 Å². The number of carbonyl (C=O) groups is 3. The summed E-state index contributed by atoms with van der Waals surface area (Å²) in [7, 11) is 0. The summed E-state index contributed by atoms with van der Waals surface area (Å²) in [5, 5.41) is 0. The number of benzene rings is 1. The van der Waals surface area contributed by atoms with Crippen molar-refractivity contribution >= 4 is 17.7 Å². The second kappa shape index (κ2) is 7.21. The van der Waals surface area contributed by atoms with E-state index in [0.29, 0.717) is 29.9 Å². The van der Waals surface area contributed by atoms with Crippen LogP contribution in [0.2, 0.25) is 0 Å². The molecule has 25 heavy (non-hydrogen) atoms. The lowest BCUT2D eigenvalue weighted by Gasteiger charge is -2.16. The zero-order valence-electron chi connectivity index (χ0n) is 13.9. The molecule has 7 nitrogen and oxygen atoms in total. The summed E-state index contributed by atoms with van der Waals surface area (Å²) in [6.07, 6.45) is 2.87. The van der Waals surface area contributed by atoms with Crippen molar-refractivity contribution in [2.24, 2.45) is 0 Å². The largest absolute Gasteiger partial charge is 0.469 e. The number of furan rings is 1. The number of amides is 3. The molecule has 0 saturated carbocycles. The molecule has 0 aliphatic carbocycles. The van der Waals surface area contributed by atoms with Crippen molar-refractivity contribution in [2.45, 2.75) is 26.3 Å². The molecule has 0 unspecified atom stereocenters. The van der Waals surface area contributed by atoms with Crippen LogP contribution in [-0.4, -0.2) is 29.2 Å². The Bertz CT molecular complexity index is 812. The maximum atomic E-state index is 12.2. The number of hydrogen-bond donors (Lipinski definition) is 2. The van der Waals surface area contributed by atoms with Crippen molar-refractivity contribution in [1.82, 2.24) is 15.8 Å². The van der Waals surface area contributed by atoms with Gasteiger partial charge in [-0.1, -0.05) is 12.1 Å². The number of hydrogen-bond acceptors (Lipinski definition) is 4. The Labute approximate surface area is 145 Å². The van der Waals surface area contributed by atoms with Gasteiger partial charge in [0.05, 0.1) is 11.8 Å². The number of likely N-dealkylation sites (tertiary alicyclic amines) is 1. The first-order chi connectivity index (χ1) is 12.0. The summed E-state index contributed by atoms with van der Waals surface area (Å²) in [6.45, 7) is 2.90. The Kier molecular flexibility index (Phi) is 4.83. The van der Waals surface area contributed by atoms with Gasteiger partial charge in [0.1, 0.15) is 5.76 Å². The van der Waals surface area contributed by atoms with E-state index in [2.05, 4.69) is 10.9 Å². The summed E-state index contributed by atoms with van der Waals surface area (Å²) < 4.78 is 5.06. The highest BCUT2D eigenvalue weighted by atomic mass is 16.3. The van der Waals surface area contributed by atoms with Gasteiger partial charge < -0.3 is 9.32 Å². The predicted molar refractivity (Wildman–Crippen MR) is 89.5 cm³/mol. The minimum Gasteiger partial charge on any atom is -0.469 e. The van der Waals surface area contributed by atoms with E-state index in [1.165, 1.54) is 12.3 Å². The van der Waals surface area contributed by atoms with Gasteiger partial charge >= 0.3 is 0 Å². The monoisotopic (exact) mass is 341 g/mol. The van der Waals surface area contributed by atoms with Crippen molar-refractivity contribution in [3.05, 3.63) is 59.0 Å². The Morgan fingerprint density at radius 1 is 1.20 bits per heavy atom. The van der Waals surface area contributed by atoms with Gasteiger partial charge in [-0.2, -0.15) is 0 Å². The maximum Gasteiger partial charge on any atom is 0.273 e. The molecule has 0 atom stereocenters. The molecule has 1 fully saturated rings. The van der Waals surface area contributed by atoms with Crippen molar-refractivity contribution in [3.8, 4) is 0 Å². The van der Waals surface area contributed by atoms with Crippen LogP contribution in [-0.2, 0) is 11.3 Å². The summed E-state index contributed by atoms with van der Waals surface area (Å²) in [4.78, 5) is 37.7. The van der Waals surface area contributed by atoms with Crippen LogP contribution in [0.3, 0.4) is 0 Å². The van der Waals surface area contributed by atoms with E-state index in [-0.39, 0.29) is 5.91 Å². The van der Waals surface area contributed by atoms with E-state index in [1.54, 1.807) is 30.0 Å². The first kappa shape index (κ1) is 16.8. The lowest BCUT2D eigenvalue weighted by molar-refractivity contribution is -0.128. The van der Waals surface area contributed by atoms with E-state index in [0.717, 1.165) is 18.5 Å². The fourth-order valence-corrected chi connectivity index (χ4v) is 2.78. The Morgan fingerprint density at radius 2 is 2.00 bits per heavy atom. The molecular formula is C18H19N3O4. The molecule has 130 valence electrons. The average Bonchev–Trinajstić information content (AvgIpc) is 3.21. The number of nitrogens with zero attached hydrogens (tertiary/aromatic N) is 1. The fourth-order valence-electron chi connectivity index (χ4n) is 2.78. The van der Waals surface area contributed by atoms with Crippen LogP contribution < -0.4 is 10.9 Å². The van der Waals surface area contributed by atoms with E-state index in [1.807, 2.05) is 6.07 Å². The molecule has 1 saturated heterocycles. The van der Waals surface area contributed by atoms with Gasteiger partial charge in [-0.3, -0.25) is 25.2 Å². The topological polar surface area (TPSA) is 91.7 Å². The van der Waals surface area contributed by atoms with Gasteiger partial charge in [0.25, 0.3) is 11.8 Å². The van der Waals surface area contributed by atoms with Crippen molar-refractivity contribution < 1.29 is 18.8 Å². The highest BCUT2D eigenvalue weighted by Crippen LogP contribution is 2.15. The highest BCUT2D eigenvalue weighted by Gasteiger charge is 2.20. The first-order valence-electron chi connectivity index (χ1n) is 8.06. The fraction of sp³-hybridized carbons (Fsp3) is 0.278. The minimum atomic E-state index is -0.446. The molecule has 1 aliphatic heterocycles. The van der Waals surface area contributed by atoms with Crippen LogP contribution in [0.1, 0.15) is 44.9 Å². The number of nitrogens with one attached hydrogen (secondary N) is 2. The quantitative estimate of drug-likeness (QED) is 0.829. The molecule has 0 spiro atoms. The Balaban J connectivity index is 1.60. The minimum absolute atomic E-state index is 0.137. The summed E-state index contributed by atoms with van der Waals surface area (Å²) in [6, 6.07) is 8.53. The van der Waals surface area contributed by atoms with Crippen LogP contribution >= 0.6 is 0 Å². The van der Waals surface area contributed by atoms with Crippen molar-refractivity contribution in [2.75, 3.05) is 6.54 Å². The predicted octanol–water partition coefficient (Wildman–Crippen LogP) is 1.79. The third-order valence-electron chi connectivity index (χ3n) is 4.13. The van der Waals surface area contributed by atoms with Gasteiger partial charge in [0.2, 0.25) is 5.91 Å². The molecular weight excluding hydrogens is 322 g/mol. The molecule has 3 amide bonds. The van der Waals surface area contributed by atoms with E-state index < -0.39 is 11.8 Å². The molecule has 0 bridgehead atoms. The van der Waals surface area contributed by atoms with Gasteiger partial charge in [-0.25, -0.2) is 0 Å². The Morgan fingerprint density at radius 3 is 2.68 bits per heavy atom. The number of aryl methyl sites for hydroxylation is 1. The van der Waals surface area contributed by atoms with Crippen molar-refractivity contribution in [1.29, 1.82) is 0 Å². The smallest absolute Gasteiger partial charge is 0.273 e. The standard InChI is InChI=1S/C18H19N3O4/c1-12-15(7-9-25-12)18(24)20-19-17(23)14-5-2-4-13(10-14)11-21-8-3-6-16(21)22/h2,4-5,7,9-10H,3,6,8,11H2,1H3,(H,19,23)(H,20,24). The van der Waals surface area contributed by atoms with Crippen LogP contribution in [0.15, 0.2) is 41.0 Å². The van der Waals surface area contributed by atoms with Gasteiger partial charge in [0, 0.05) is 25.1 Å². The van der Waals surface area contributed by atoms with Gasteiger partial charge in [-0.15, -0.1) is 0 Å². The normalized spacial score (nSPS) is 13.8. The zero-order chi connectivity index (χ0) is 17.8. The molecule has 2 aromatic rings. The SMILES string of the molecule is Cc1occc1C(=O)NNC(=O)c1cccc(CN2CCCC2=O)c1. The van der Waals surface area contributed by atoms with E-state index in [9.17, 15) is 14.4 Å². The molecule has 1 aliphatic rings. The molecule has 1 aromatic carbocycles. The van der Waals surface area contributed by atoms with Crippen LogP contribution in [0.5, 0.6) is 0 Å². The van der Waals surface area contributed by atoms with Crippen LogP contribution in [0.4, 0.5) is 0 Å². The van der Waals surface area contributed by atoms with E-state index >= 15 is 0 Å². The molecule has 2 heterocycles. The molecule has 1 aromatic heterocycles. The van der Waals surface area contributed by atoms with E-state index in [4.69, 9.17) is 4.42 Å². The maximum absolute atomic E-state index is 12.2. The third kappa shape index (κ3) is 3.88. The number of hydrazine groups is 1. The average molecular weight is 341 g/mol. The zero-order valence-corrected chi connectivity index (χ0v) is 13.9. The van der Waals surface area contributed by atoms with Gasteiger partial charge in [0.15, 0.2) is 0 Å². The number of carbonyl (C=O) groups excluding carboxylic acids is 3. The lowest BCUT2D eigenvalue weighted by Crippen LogP contribution is -2.41. The molecule has 3 rings (SSSR count). The second-order valence-corrected chi connectivity index (χ2v) is 5.92. The first-order valence-corrected chi connectivity index (χ1v) is 8.06. The van der Waals surface area contributed by atoms with Crippen LogP contribution in [0.25, 0.3) is 0 Å². The molecule has 7 heteroatoms. The summed E-state index contributed by atoms with van der Waals surface area (Å²) >= 11 is 0. The third-order valence-corrected chi connectivity index (χ3v) is 4.13. The van der Waals surface area contributed by atoms with Crippen molar-refractivity contribution in [3.63, 3.8) is 0 Å². The molecule has 0 radical (unpaired) electrons. The lowest BCUT2D eigenvalue weighted by atomic mass is 10.1. The highest BCUT2D eigenvalue weighted by molar-refractivity contribution is 5.99. The second-order valence-electron chi connectivity index (χ2n) is 5.92. The summed E-state index contributed by atoms with van der Waals surface area (Å²) in [5.41, 5.74) is 6.39. The Hall–Kier alpha value is -3.09.